The minimum Gasteiger partial charge on any atom is -0.274 e. The van der Waals surface area contributed by atoms with E-state index in [2.05, 4.69) is 0 Å². The zero-order valence-corrected chi connectivity index (χ0v) is 22.4. The number of imide groups is 2. The third kappa shape index (κ3) is 3.78. The predicted molar refractivity (Wildman–Crippen MR) is 133 cm³/mol. The van der Waals surface area contributed by atoms with E-state index in [1.54, 1.807) is 0 Å². The number of carbonyl (C=O) groups is 4. The van der Waals surface area contributed by atoms with Gasteiger partial charge in [0.05, 0.1) is 62.4 Å². The molecule has 14 heteroatoms. The largest absolute Gasteiger partial charge is 0.274 e. The molecule has 0 atom stereocenters. The molecule has 0 saturated heterocycles. The van der Waals surface area contributed by atoms with Gasteiger partial charge in [-0.1, -0.05) is 92.8 Å². The van der Waals surface area contributed by atoms with Gasteiger partial charge in [0.1, 0.15) is 0 Å². The van der Waals surface area contributed by atoms with Gasteiger partial charge in [0.25, 0.3) is 23.6 Å². The Bertz CT molecular complexity index is 1150. The van der Waals surface area contributed by atoms with E-state index < -0.39 is 23.6 Å². The standard InChI is InChI=1S/C20H8Cl8N2O4/c21-9-5-6(10(22)14(26)13(9)25)18(32)29(17(5)31)3-1-2-4-30-19(33)7-8(20(30)34)12(24)16(28)15(27)11(7)23/h1-4H2. The van der Waals surface area contributed by atoms with Crippen LogP contribution in [0.15, 0.2) is 0 Å². The highest BCUT2D eigenvalue weighted by molar-refractivity contribution is 6.56. The molecule has 0 aromatic heterocycles. The van der Waals surface area contributed by atoms with Crippen molar-refractivity contribution in [1.29, 1.82) is 0 Å². The van der Waals surface area contributed by atoms with Gasteiger partial charge in [-0.2, -0.15) is 0 Å². The van der Waals surface area contributed by atoms with Crippen molar-refractivity contribution < 1.29 is 19.2 Å². The third-order valence-electron chi connectivity index (χ3n) is 5.38. The highest BCUT2D eigenvalue weighted by atomic mass is 35.5. The van der Waals surface area contributed by atoms with Crippen molar-refractivity contribution in [2.75, 3.05) is 13.1 Å². The Morgan fingerprint density at radius 3 is 0.794 bits per heavy atom. The molecule has 0 bridgehead atoms. The Balaban J connectivity index is 1.47. The van der Waals surface area contributed by atoms with E-state index >= 15 is 0 Å². The van der Waals surface area contributed by atoms with Gasteiger partial charge >= 0.3 is 0 Å². The number of rotatable bonds is 5. The van der Waals surface area contributed by atoms with Crippen LogP contribution in [0, 0.1) is 0 Å². The molecule has 0 saturated carbocycles. The number of carbonyl (C=O) groups excluding carboxylic acids is 4. The summed E-state index contributed by atoms with van der Waals surface area (Å²) in [6.45, 7) is -0.0623. The number of benzene rings is 2. The molecule has 0 unspecified atom stereocenters. The zero-order chi connectivity index (χ0) is 25.2. The number of hydrogen-bond acceptors (Lipinski definition) is 4. The first-order chi connectivity index (χ1) is 15.9. The van der Waals surface area contributed by atoms with Crippen LogP contribution >= 0.6 is 92.8 Å². The molecule has 178 valence electrons. The SMILES string of the molecule is O=C1c2c(Cl)c(Cl)c(Cl)c(Cl)c2C(=O)N1CCCCN1C(=O)c2c(Cl)c(Cl)c(Cl)c(Cl)c2C1=O. The summed E-state index contributed by atoms with van der Waals surface area (Å²) in [5, 5.41) is -1.16. The summed E-state index contributed by atoms with van der Waals surface area (Å²) in [6, 6.07) is 0. The second kappa shape index (κ2) is 9.49. The first-order valence-electron chi connectivity index (χ1n) is 9.36. The van der Waals surface area contributed by atoms with E-state index in [0.717, 1.165) is 9.80 Å². The molecule has 2 aromatic carbocycles. The van der Waals surface area contributed by atoms with Crippen LogP contribution in [0.5, 0.6) is 0 Å². The molecular formula is C20H8Cl8N2O4. The maximum absolute atomic E-state index is 12.8. The van der Waals surface area contributed by atoms with Crippen molar-refractivity contribution in [2.24, 2.45) is 0 Å². The van der Waals surface area contributed by atoms with Crippen molar-refractivity contribution in [3.63, 3.8) is 0 Å². The fourth-order valence-electron chi connectivity index (χ4n) is 3.74. The lowest BCUT2D eigenvalue weighted by molar-refractivity contribution is 0.0615. The average Bonchev–Trinajstić information content (AvgIpc) is 3.20. The van der Waals surface area contributed by atoms with Gasteiger partial charge in [-0.3, -0.25) is 29.0 Å². The number of hydrogen-bond donors (Lipinski definition) is 0. The first kappa shape index (κ1) is 26.1. The lowest BCUT2D eigenvalue weighted by Gasteiger charge is -2.16. The van der Waals surface area contributed by atoms with E-state index in [-0.39, 0.29) is 88.4 Å². The number of fused-ring (bicyclic) bond motifs is 2. The Morgan fingerprint density at radius 1 is 0.382 bits per heavy atom. The summed E-state index contributed by atoms with van der Waals surface area (Å²) in [7, 11) is 0. The highest BCUT2D eigenvalue weighted by Gasteiger charge is 2.43. The van der Waals surface area contributed by atoms with Crippen molar-refractivity contribution in [3.8, 4) is 0 Å². The monoisotopic (exact) mass is 620 g/mol. The van der Waals surface area contributed by atoms with E-state index in [1.807, 2.05) is 0 Å². The number of amides is 4. The Morgan fingerprint density at radius 2 is 0.588 bits per heavy atom. The molecule has 0 fully saturated rings. The Hall–Kier alpha value is -0.960. The Kier molecular flexibility index (Phi) is 7.29. The van der Waals surface area contributed by atoms with Gasteiger partial charge in [0.15, 0.2) is 0 Å². The average molecular weight is 624 g/mol. The normalized spacial score (nSPS) is 15.1. The van der Waals surface area contributed by atoms with Crippen molar-refractivity contribution in [3.05, 3.63) is 62.4 Å². The number of nitrogens with zero attached hydrogens (tertiary/aromatic N) is 2. The van der Waals surface area contributed by atoms with Crippen molar-refractivity contribution >= 4 is 116 Å². The topological polar surface area (TPSA) is 74.8 Å². The predicted octanol–water partition coefficient (Wildman–Crippen LogP) is 7.59. The first-order valence-corrected chi connectivity index (χ1v) is 12.4. The van der Waals surface area contributed by atoms with Crippen LogP contribution in [0.4, 0.5) is 0 Å². The minimum absolute atomic E-state index is 0.0312. The van der Waals surface area contributed by atoms with E-state index in [9.17, 15) is 19.2 Å². The van der Waals surface area contributed by atoms with E-state index in [4.69, 9.17) is 92.8 Å². The Labute approximate surface area is 232 Å². The number of halogens is 8. The molecule has 2 aliphatic rings. The van der Waals surface area contributed by atoms with Crippen LogP contribution in [-0.4, -0.2) is 46.5 Å². The molecule has 2 heterocycles. The summed E-state index contributed by atoms with van der Waals surface area (Å²) in [6.07, 6.45) is 0.497. The molecule has 4 amide bonds. The molecule has 2 aromatic rings. The summed E-state index contributed by atoms with van der Waals surface area (Å²) in [5.41, 5.74) is -0.483. The van der Waals surface area contributed by atoms with Crippen LogP contribution in [0.25, 0.3) is 0 Å². The van der Waals surface area contributed by atoms with Gasteiger partial charge in [-0.25, -0.2) is 0 Å². The van der Waals surface area contributed by atoms with Crippen LogP contribution < -0.4 is 0 Å². The van der Waals surface area contributed by atoms with E-state index in [0.29, 0.717) is 0 Å². The third-order valence-corrected chi connectivity index (χ3v) is 8.99. The highest BCUT2D eigenvalue weighted by Crippen LogP contribution is 2.46. The summed E-state index contributed by atoms with van der Waals surface area (Å²) in [4.78, 5) is 53.0. The second-order valence-electron chi connectivity index (χ2n) is 7.24. The van der Waals surface area contributed by atoms with Crippen LogP contribution in [-0.2, 0) is 0 Å². The summed E-state index contributed by atoms with van der Waals surface area (Å²) >= 11 is 48.5. The molecule has 6 nitrogen and oxygen atoms in total. The fraction of sp³-hybridized carbons (Fsp3) is 0.200. The smallest absolute Gasteiger partial charge is 0.263 e. The molecule has 0 N–H and O–H groups in total. The summed E-state index contributed by atoms with van der Waals surface area (Å²) in [5.74, 6) is -2.69. The molecule has 34 heavy (non-hydrogen) atoms. The quantitative estimate of drug-likeness (QED) is 0.149. The van der Waals surface area contributed by atoms with E-state index in [1.165, 1.54) is 0 Å². The fourth-order valence-corrected chi connectivity index (χ4v) is 5.77. The lowest BCUT2D eigenvalue weighted by Crippen LogP contribution is -2.33. The van der Waals surface area contributed by atoms with Crippen molar-refractivity contribution in [2.45, 2.75) is 12.8 Å². The molecule has 0 radical (unpaired) electrons. The minimum atomic E-state index is -0.672. The van der Waals surface area contributed by atoms with Gasteiger partial charge in [-0.15, -0.1) is 0 Å². The van der Waals surface area contributed by atoms with Crippen LogP contribution in [0.3, 0.4) is 0 Å². The number of unbranched alkanes of at least 4 members (excludes halogenated alkanes) is 1. The van der Waals surface area contributed by atoms with Gasteiger partial charge in [-0.05, 0) is 12.8 Å². The summed E-state index contributed by atoms with van der Waals surface area (Å²) < 4.78 is 0. The molecular weight excluding hydrogens is 616 g/mol. The van der Waals surface area contributed by atoms with Gasteiger partial charge in [0.2, 0.25) is 0 Å². The molecule has 2 aliphatic heterocycles. The van der Waals surface area contributed by atoms with Crippen molar-refractivity contribution in [1.82, 2.24) is 9.80 Å². The second-order valence-corrected chi connectivity index (χ2v) is 10.3. The molecule has 4 rings (SSSR count). The maximum atomic E-state index is 12.8. The van der Waals surface area contributed by atoms with Crippen LogP contribution in [0.2, 0.25) is 40.2 Å². The van der Waals surface area contributed by atoms with Gasteiger partial charge < -0.3 is 0 Å². The molecule has 0 spiro atoms. The maximum Gasteiger partial charge on any atom is 0.263 e. The lowest BCUT2D eigenvalue weighted by atomic mass is 10.1. The molecule has 0 aliphatic carbocycles. The van der Waals surface area contributed by atoms with Gasteiger partial charge in [0, 0.05) is 13.1 Å². The van der Waals surface area contributed by atoms with Crippen LogP contribution in [0.1, 0.15) is 54.3 Å². The zero-order valence-electron chi connectivity index (χ0n) is 16.4.